The maximum atomic E-state index is 12.5. The van der Waals surface area contributed by atoms with Gasteiger partial charge in [0.1, 0.15) is 13.2 Å². The van der Waals surface area contributed by atoms with Crippen LogP contribution in [-0.4, -0.2) is 68.5 Å². The lowest BCUT2D eigenvalue weighted by Crippen LogP contribution is -2.45. The summed E-state index contributed by atoms with van der Waals surface area (Å²) < 4.78 is 22.8. The van der Waals surface area contributed by atoms with Crippen molar-refractivity contribution in [1.29, 1.82) is 0 Å². The van der Waals surface area contributed by atoms with Gasteiger partial charge in [-0.1, -0.05) is 121 Å². The molecule has 1 amide bonds. The first-order valence-electron chi connectivity index (χ1n) is 17.9. The summed E-state index contributed by atoms with van der Waals surface area (Å²) in [6.07, 6.45) is 32.5. The summed E-state index contributed by atoms with van der Waals surface area (Å²) in [6.45, 7) is 4.45. The van der Waals surface area contributed by atoms with Crippen LogP contribution in [0.25, 0.3) is 0 Å². The Balaban J connectivity index is 4.42. The third-order valence-corrected chi connectivity index (χ3v) is 8.54. The lowest BCUT2D eigenvalue weighted by atomic mass is 10.1. The SMILES string of the molecule is CCCCCCCCCCC/C=C/CC/C=C/CC/C=C/C(O)C(COP(=O)([O-])OCC[N+](C)(C)C)NC(=O)CCCCCC. The van der Waals surface area contributed by atoms with Crippen LogP contribution in [0.15, 0.2) is 36.5 Å². The van der Waals surface area contributed by atoms with E-state index in [1.54, 1.807) is 6.08 Å². The van der Waals surface area contributed by atoms with E-state index < -0.39 is 26.6 Å². The summed E-state index contributed by atoms with van der Waals surface area (Å²) in [6, 6.07) is -0.901. The highest BCUT2D eigenvalue weighted by atomic mass is 31.2. The molecule has 3 unspecified atom stereocenters. The molecule has 3 atom stereocenters. The normalized spacial score (nSPS) is 15.3. The number of unbranched alkanes of at least 4 members (excludes halogenated alkanes) is 14. The number of phosphoric ester groups is 1. The van der Waals surface area contributed by atoms with Crippen molar-refractivity contribution >= 4 is 13.7 Å². The molecule has 0 aromatic rings. The highest BCUT2D eigenvalue weighted by molar-refractivity contribution is 7.45. The van der Waals surface area contributed by atoms with E-state index in [2.05, 4.69) is 43.5 Å². The minimum atomic E-state index is -4.57. The van der Waals surface area contributed by atoms with Gasteiger partial charge in [0, 0.05) is 6.42 Å². The summed E-state index contributed by atoms with van der Waals surface area (Å²) >= 11 is 0. The maximum Gasteiger partial charge on any atom is 0.268 e. The van der Waals surface area contributed by atoms with E-state index in [-0.39, 0.29) is 12.5 Å². The molecule has 0 spiro atoms. The van der Waals surface area contributed by atoms with Crippen LogP contribution in [0.4, 0.5) is 0 Å². The molecule has 0 saturated carbocycles. The fourth-order valence-corrected chi connectivity index (χ4v) is 5.37. The molecular formula is C36H69N2O6P. The lowest BCUT2D eigenvalue weighted by Gasteiger charge is -2.29. The van der Waals surface area contributed by atoms with Crippen LogP contribution in [0.1, 0.15) is 136 Å². The van der Waals surface area contributed by atoms with Gasteiger partial charge in [0.05, 0.1) is 39.9 Å². The van der Waals surface area contributed by atoms with E-state index in [4.69, 9.17) is 9.05 Å². The molecule has 0 aromatic heterocycles. The van der Waals surface area contributed by atoms with Gasteiger partial charge in [0.15, 0.2) is 0 Å². The predicted molar refractivity (Wildman–Crippen MR) is 187 cm³/mol. The fourth-order valence-electron chi connectivity index (χ4n) is 4.65. The second-order valence-corrected chi connectivity index (χ2v) is 14.6. The minimum Gasteiger partial charge on any atom is -0.756 e. The van der Waals surface area contributed by atoms with Crippen LogP contribution in [0.5, 0.6) is 0 Å². The van der Waals surface area contributed by atoms with Crippen molar-refractivity contribution in [3.05, 3.63) is 36.5 Å². The number of aliphatic hydroxyl groups excluding tert-OH is 1. The monoisotopic (exact) mass is 656 g/mol. The molecule has 0 aliphatic rings. The first-order valence-corrected chi connectivity index (χ1v) is 19.3. The van der Waals surface area contributed by atoms with Crippen LogP contribution in [-0.2, 0) is 18.4 Å². The number of hydrogen-bond donors (Lipinski definition) is 2. The van der Waals surface area contributed by atoms with Gasteiger partial charge in [0.25, 0.3) is 7.82 Å². The molecule has 0 rings (SSSR count). The molecule has 0 saturated heterocycles. The van der Waals surface area contributed by atoms with Crippen LogP contribution < -0.4 is 10.2 Å². The lowest BCUT2D eigenvalue weighted by molar-refractivity contribution is -0.870. The number of rotatable bonds is 31. The maximum absolute atomic E-state index is 12.5. The van der Waals surface area contributed by atoms with Crippen molar-refractivity contribution in [2.45, 2.75) is 148 Å². The molecule has 0 fully saturated rings. The van der Waals surface area contributed by atoms with Gasteiger partial charge in [-0.05, 0) is 44.9 Å². The number of likely N-dealkylation sites (N-methyl/N-ethyl adjacent to an activating group) is 1. The van der Waals surface area contributed by atoms with E-state index in [0.29, 0.717) is 17.4 Å². The molecule has 0 aliphatic carbocycles. The van der Waals surface area contributed by atoms with Gasteiger partial charge in [-0.25, -0.2) is 0 Å². The second-order valence-electron chi connectivity index (χ2n) is 13.2. The number of quaternary nitrogens is 1. The Hall–Kier alpha value is -1.28. The summed E-state index contributed by atoms with van der Waals surface area (Å²) in [5, 5.41) is 13.5. The third kappa shape index (κ3) is 31.1. The molecule has 0 bridgehead atoms. The van der Waals surface area contributed by atoms with Crippen molar-refractivity contribution < 1.29 is 32.9 Å². The van der Waals surface area contributed by atoms with Gasteiger partial charge in [0.2, 0.25) is 5.91 Å². The van der Waals surface area contributed by atoms with Crippen LogP contribution in [0, 0.1) is 0 Å². The summed E-state index contributed by atoms with van der Waals surface area (Å²) in [5.74, 6) is -0.232. The van der Waals surface area contributed by atoms with Crippen LogP contribution in [0.2, 0.25) is 0 Å². The Kier molecular flexibility index (Phi) is 28.1. The molecule has 0 radical (unpaired) electrons. The molecule has 8 nitrogen and oxygen atoms in total. The number of hydrogen-bond acceptors (Lipinski definition) is 6. The average molecular weight is 657 g/mol. The van der Waals surface area contributed by atoms with Gasteiger partial charge in [-0.2, -0.15) is 0 Å². The number of carbonyl (C=O) groups is 1. The molecule has 9 heteroatoms. The van der Waals surface area contributed by atoms with Crippen molar-refractivity contribution in [3.63, 3.8) is 0 Å². The molecule has 0 heterocycles. The van der Waals surface area contributed by atoms with E-state index in [1.807, 2.05) is 27.2 Å². The van der Waals surface area contributed by atoms with Crippen molar-refractivity contribution in [1.82, 2.24) is 5.32 Å². The molecule has 0 aromatic carbocycles. The van der Waals surface area contributed by atoms with Gasteiger partial charge in [-0.15, -0.1) is 0 Å². The Morgan fingerprint density at radius 3 is 1.80 bits per heavy atom. The van der Waals surface area contributed by atoms with E-state index >= 15 is 0 Å². The highest BCUT2D eigenvalue weighted by Gasteiger charge is 2.23. The summed E-state index contributed by atoms with van der Waals surface area (Å²) in [5.41, 5.74) is 0. The number of nitrogens with zero attached hydrogens (tertiary/aromatic N) is 1. The largest absolute Gasteiger partial charge is 0.756 e. The average Bonchev–Trinajstić information content (AvgIpc) is 2.97. The zero-order chi connectivity index (χ0) is 33.7. The Bertz CT molecular complexity index is 840. The number of phosphoric acid groups is 1. The first kappa shape index (κ1) is 43.7. The summed E-state index contributed by atoms with van der Waals surface area (Å²) in [4.78, 5) is 24.7. The predicted octanol–water partition coefficient (Wildman–Crippen LogP) is 8.16. The fraction of sp³-hybridized carbons (Fsp3) is 0.806. The third-order valence-electron chi connectivity index (χ3n) is 7.58. The van der Waals surface area contributed by atoms with E-state index in [9.17, 15) is 19.4 Å². The van der Waals surface area contributed by atoms with Crippen LogP contribution in [0.3, 0.4) is 0 Å². The number of carbonyl (C=O) groups excluding carboxylic acids is 1. The van der Waals surface area contributed by atoms with Gasteiger partial charge in [-0.3, -0.25) is 9.36 Å². The van der Waals surface area contributed by atoms with Gasteiger partial charge < -0.3 is 28.8 Å². The topological polar surface area (TPSA) is 108 Å². The van der Waals surface area contributed by atoms with Gasteiger partial charge >= 0.3 is 0 Å². The van der Waals surface area contributed by atoms with Crippen molar-refractivity contribution in [2.75, 3.05) is 40.9 Å². The number of allylic oxidation sites excluding steroid dienone is 5. The van der Waals surface area contributed by atoms with Crippen molar-refractivity contribution in [3.8, 4) is 0 Å². The van der Waals surface area contributed by atoms with E-state index in [0.717, 1.165) is 51.4 Å². The number of aliphatic hydroxyl groups is 1. The smallest absolute Gasteiger partial charge is 0.268 e. The summed E-state index contributed by atoms with van der Waals surface area (Å²) in [7, 11) is 1.23. The van der Waals surface area contributed by atoms with Crippen molar-refractivity contribution in [2.24, 2.45) is 0 Å². The van der Waals surface area contributed by atoms with E-state index in [1.165, 1.54) is 64.2 Å². The number of nitrogens with one attached hydrogen (secondary N) is 1. The zero-order valence-corrected chi connectivity index (χ0v) is 30.5. The van der Waals surface area contributed by atoms with Crippen LogP contribution >= 0.6 is 7.82 Å². The standard InChI is InChI=1S/C36H69N2O6P/c1-6-8-10-12-13-14-15-16-17-18-19-20-21-22-23-24-25-26-27-29-35(39)34(37-36(40)30-28-11-9-7-2)33-44-45(41,42)43-32-31-38(3,4)5/h19-20,23-24,27,29,34-35,39H,6-18,21-22,25-26,28,30-33H2,1-5H3,(H-,37,40,41,42)/b20-19+,24-23+,29-27+. The quantitative estimate of drug-likeness (QED) is 0.0337. The molecule has 0 aliphatic heterocycles. The molecule has 2 N–H and O–H groups in total. The first-order chi connectivity index (χ1) is 21.5. The Morgan fingerprint density at radius 2 is 1.24 bits per heavy atom. The Labute approximate surface area is 276 Å². The second kappa shape index (κ2) is 28.9. The highest BCUT2D eigenvalue weighted by Crippen LogP contribution is 2.38. The number of amides is 1. The molecule has 264 valence electrons. The minimum absolute atomic E-state index is 0.00957. The Morgan fingerprint density at radius 1 is 0.756 bits per heavy atom. The zero-order valence-electron chi connectivity index (χ0n) is 29.6. The molecule has 45 heavy (non-hydrogen) atoms. The molecular weight excluding hydrogens is 587 g/mol.